The van der Waals surface area contributed by atoms with Crippen LogP contribution in [-0.4, -0.2) is 45.8 Å². The molecule has 1 aliphatic heterocycles. The van der Waals surface area contributed by atoms with Crippen molar-refractivity contribution in [2.75, 3.05) is 37.5 Å². The fourth-order valence-electron chi connectivity index (χ4n) is 3.88. The van der Waals surface area contributed by atoms with Crippen LogP contribution >= 0.6 is 0 Å². The Kier molecular flexibility index (Phi) is 5.92. The third-order valence-electron chi connectivity index (χ3n) is 5.89. The van der Waals surface area contributed by atoms with Gasteiger partial charge in [-0.3, -0.25) is 0 Å². The highest BCUT2D eigenvalue weighted by Crippen LogP contribution is 2.40. The zero-order chi connectivity index (χ0) is 21.0. The fraction of sp³-hybridized carbons (Fsp3) is 0.304. The van der Waals surface area contributed by atoms with Gasteiger partial charge in [0, 0.05) is 62.5 Å². The number of nitrogens with two attached hydrogens (primary N) is 1. The van der Waals surface area contributed by atoms with Gasteiger partial charge in [-0.2, -0.15) is 0 Å². The summed E-state index contributed by atoms with van der Waals surface area (Å²) < 4.78 is 5.34. The molecule has 3 rings (SSSR count). The SMILES string of the molecule is COc1ccc2c(c1)N(C)C(C=O)(CCN(C)c1ccc(/C(C=N)=C/N)cc1)C2. The van der Waals surface area contributed by atoms with Gasteiger partial charge in [0.2, 0.25) is 0 Å². The Labute approximate surface area is 172 Å². The predicted octanol–water partition coefficient (Wildman–Crippen LogP) is 3.10. The van der Waals surface area contributed by atoms with Gasteiger partial charge in [0.1, 0.15) is 17.6 Å². The number of ether oxygens (including phenoxy) is 1. The summed E-state index contributed by atoms with van der Waals surface area (Å²) in [6.45, 7) is 0.734. The first-order chi connectivity index (χ1) is 14.0. The van der Waals surface area contributed by atoms with E-state index >= 15 is 0 Å². The van der Waals surface area contributed by atoms with E-state index in [0.29, 0.717) is 18.4 Å². The average Bonchev–Trinajstić information content (AvgIpc) is 3.05. The van der Waals surface area contributed by atoms with E-state index in [4.69, 9.17) is 15.9 Å². The Morgan fingerprint density at radius 2 is 2.03 bits per heavy atom. The molecule has 6 nitrogen and oxygen atoms in total. The monoisotopic (exact) mass is 392 g/mol. The number of nitrogens with zero attached hydrogens (tertiary/aromatic N) is 2. The maximum Gasteiger partial charge on any atom is 0.145 e. The molecule has 0 fully saturated rings. The summed E-state index contributed by atoms with van der Waals surface area (Å²) >= 11 is 0. The van der Waals surface area contributed by atoms with Crippen LogP contribution in [0.2, 0.25) is 0 Å². The molecule has 0 bridgehead atoms. The summed E-state index contributed by atoms with van der Waals surface area (Å²) in [4.78, 5) is 16.4. The number of rotatable bonds is 8. The van der Waals surface area contributed by atoms with Crippen LogP contribution in [0.1, 0.15) is 17.5 Å². The van der Waals surface area contributed by atoms with Gasteiger partial charge < -0.3 is 30.5 Å². The van der Waals surface area contributed by atoms with E-state index in [1.165, 1.54) is 18.0 Å². The minimum Gasteiger partial charge on any atom is -0.497 e. The maximum atomic E-state index is 12.2. The van der Waals surface area contributed by atoms with Gasteiger partial charge in [0.15, 0.2) is 0 Å². The number of fused-ring (bicyclic) bond motifs is 1. The lowest BCUT2D eigenvalue weighted by Crippen LogP contribution is -2.48. The fourth-order valence-corrected chi connectivity index (χ4v) is 3.88. The van der Waals surface area contributed by atoms with Crippen LogP contribution in [0.4, 0.5) is 11.4 Å². The number of carbonyl (C=O) groups is 1. The molecule has 6 heteroatoms. The second kappa shape index (κ2) is 8.39. The number of benzene rings is 2. The number of methoxy groups -OCH3 is 1. The molecule has 0 aliphatic carbocycles. The van der Waals surface area contributed by atoms with Gasteiger partial charge in [0.25, 0.3) is 0 Å². The number of hydrogen-bond acceptors (Lipinski definition) is 6. The van der Waals surface area contributed by atoms with E-state index in [2.05, 4.69) is 9.80 Å². The minimum atomic E-state index is -0.557. The summed E-state index contributed by atoms with van der Waals surface area (Å²) in [5.41, 5.74) is 9.86. The summed E-state index contributed by atoms with van der Waals surface area (Å²) in [5, 5.41) is 7.41. The molecular weight excluding hydrogens is 364 g/mol. The molecule has 0 amide bonds. The van der Waals surface area contributed by atoms with Crippen molar-refractivity contribution in [3.8, 4) is 5.75 Å². The molecule has 1 atom stereocenters. The third-order valence-corrected chi connectivity index (χ3v) is 5.89. The number of carbonyl (C=O) groups excluding carboxylic acids is 1. The highest BCUT2D eigenvalue weighted by atomic mass is 16.5. The topological polar surface area (TPSA) is 82.7 Å². The van der Waals surface area contributed by atoms with Gasteiger partial charge in [-0.05, 0) is 35.7 Å². The quantitative estimate of drug-likeness (QED) is 0.533. The van der Waals surface area contributed by atoms with E-state index in [1.54, 1.807) is 7.11 Å². The molecular formula is C23H28N4O2. The highest BCUT2D eigenvalue weighted by Gasteiger charge is 2.41. The van der Waals surface area contributed by atoms with Crippen molar-refractivity contribution in [1.29, 1.82) is 5.41 Å². The first kappa shape index (κ1) is 20.5. The van der Waals surface area contributed by atoms with Crippen LogP contribution in [0, 0.1) is 5.41 Å². The summed E-state index contributed by atoms with van der Waals surface area (Å²) in [6, 6.07) is 13.9. The minimum absolute atomic E-state index is 0.557. The molecule has 152 valence electrons. The second-order valence-corrected chi connectivity index (χ2v) is 7.44. The summed E-state index contributed by atoms with van der Waals surface area (Å²) in [7, 11) is 5.65. The molecule has 3 N–H and O–H groups in total. The van der Waals surface area contributed by atoms with Crippen molar-refractivity contribution in [2.24, 2.45) is 5.73 Å². The van der Waals surface area contributed by atoms with E-state index in [-0.39, 0.29) is 0 Å². The molecule has 1 aliphatic rings. The Balaban J connectivity index is 1.72. The van der Waals surface area contributed by atoms with E-state index in [1.807, 2.05) is 56.6 Å². The van der Waals surface area contributed by atoms with Gasteiger partial charge in [-0.1, -0.05) is 18.2 Å². The number of likely N-dealkylation sites (N-methyl/N-ethyl adjacent to an activating group) is 1. The van der Waals surface area contributed by atoms with Gasteiger partial charge >= 0.3 is 0 Å². The van der Waals surface area contributed by atoms with Crippen molar-refractivity contribution >= 4 is 29.4 Å². The van der Waals surface area contributed by atoms with Crippen molar-refractivity contribution in [2.45, 2.75) is 18.4 Å². The predicted molar refractivity (Wildman–Crippen MR) is 119 cm³/mol. The Bertz CT molecular complexity index is 923. The number of allylic oxidation sites excluding steroid dienone is 1. The van der Waals surface area contributed by atoms with Crippen LogP contribution in [0.5, 0.6) is 5.75 Å². The van der Waals surface area contributed by atoms with Crippen LogP contribution in [0.3, 0.4) is 0 Å². The largest absolute Gasteiger partial charge is 0.497 e. The standard InChI is InChI=1S/C23H28N4O2/c1-26(20-7-4-17(5-8-20)19(14-24)15-25)11-10-23(16-28)13-18-6-9-21(29-3)12-22(18)27(23)2/h4-9,12,14-16,24H,10-11,13,25H2,1-3H3/b19-15+,24-14?. The van der Waals surface area contributed by atoms with E-state index in [9.17, 15) is 4.79 Å². The van der Waals surface area contributed by atoms with Crippen molar-refractivity contribution in [3.05, 3.63) is 59.8 Å². The molecule has 0 saturated heterocycles. The Morgan fingerprint density at radius 3 is 2.62 bits per heavy atom. The van der Waals surface area contributed by atoms with Gasteiger partial charge in [0.05, 0.1) is 7.11 Å². The molecule has 0 aromatic heterocycles. The third kappa shape index (κ3) is 3.83. The zero-order valence-electron chi connectivity index (χ0n) is 17.2. The normalized spacial score (nSPS) is 18.3. The van der Waals surface area contributed by atoms with Crippen LogP contribution in [-0.2, 0) is 11.2 Å². The number of aldehydes is 1. The lowest BCUT2D eigenvalue weighted by Gasteiger charge is -2.34. The first-order valence-electron chi connectivity index (χ1n) is 9.59. The molecule has 0 spiro atoms. The van der Waals surface area contributed by atoms with Gasteiger partial charge in [-0.15, -0.1) is 0 Å². The van der Waals surface area contributed by atoms with Crippen LogP contribution in [0.25, 0.3) is 5.57 Å². The Hall–Kier alpha value is -3.28. The average molecular weight is 393 g/mol. The van der Waals surface area contributed by atoms with Crippen molar-refractivity contribution in [1.82, 2.24) is 0 Å². The lowest BCUT2D eigenvalue weighted by atomic mass is 9.92. The molecule has 0 radical (unpaired) electrons. The molecule has 1 unspecified atom stereocenters. The Morgan fingerprint density at radius 1 is 1.31 bits per heavy atom. The van der Waals surface area contributed by atoms with E-state index in [0.717, 1.165) is 35.5 Å². The zero-order valence-corrected chi connectivity index (χ0v) is 17.2. The van der Waals surface area contributed by atoms with Crippen LogP contribution < -0.4 is 20.3 Å². The lowest BCUT2D eigenvalue weighted by molar-refractivity contribution is -0.112. The van der Waals surface area contributed by atoms with E-state index < -0.39 is 5.54 Å². The second-order valence-electron chi connectivity index (χ2n) is 7.44. The van der Waals surface area contributed by atoms with Crippen LogP contribution in [0.15, 0.2) is 48.7 Å². The first-order valence-corrected chi connectivity index (χ1v) is 9.59. The molecule has 29 heavy (non-hydrogen) atoms. The molecule has 0 saturated carbocycles. The summed E-state index contributed by atoms with van der Waals surface area (Å²) in [5.74, 6) is 0.797. The van der Waals surface area contributed by atoms with Gasteiger partial charge in [-0.25, -0.2) is 0 Å². The summed E-state index contributed by atoms with van der Waals surface area (Å²) in [6.07, 6.45) is 5.16. The maximum absolute atomic E-state index is 12.2. The molecule has 1 heterocycles. The highest BCUT2D eigenvalue weighted by molar-refractivity contribution is 6.08. The molecule has 2 aromatic carbocycles. The number of anilines is 2. The molecule has 2 aromatic rings. The number of nitrogens with one attached hydrogen (secondary N) is 1. The van der Waals surface area contributed by atoms with Crippen molar-refractivity contribution in [3.63, 3.8) is 0 Å². The number of hydrogen-bond donors (Lipinski definition) is 2. The smallest absolute Gasteiger partial charge is 0.145 e. The van der Waals surface area contributed by atoms with Crippen molar-refractivity contribution < 1.29 is 9.53 Å².